The zero-order valence-corrected chi connectivity index (χ0v) is 24.6. The number of hydrogen-bond donors (Lipinski definition) is 3. The summed E-state index contributed by atoms with van der Waals surface area (Å²) >= 11 is 1.06. The standard InChI is InChI=1S/C19H18N6O9S.2Na/c1-33-19(20-13(27)11(14(28)29)8-2-4-10(26)5-3-8)16(32)25-12(15(30)31)9(6-34-17(19)25)7-35-18-21-23-24-22-18;;/h2-5,11,17,26H,6-7H2,1H3,(H,20,27)(H,28,29)(H,30,31)(H,21,22,23,24);;/q;2*+1/p-2/t11?,17-,19+;;/m1../s1. The number of benzene rings is 1. The van der Waals surface area contributed by atoms with Crippen LogP contribution in [0.1, 0.15) is 11.5 Å². The van der Waals surface area contributed by atoms with Gasteiger partial charge in [0.15, 0.2) is 6.23 Å². The van der Waals surface area contributed by atoms with E-state index in [9.17, 15) is 34.5 Å². The van der Waals surface area contributed by atoms with Crippen LogP contribution in [0.4, 0.5) is 0 Å². The Morgan fingerprint density at radius 1 is 1.32 bits per heavy atom. The number of carbonyl (C=O) groups excluding carboxylic acids is 4. The summed E-state index contributed by atoms with van der Waals surface area (Å²) in [5, 5.41) is 48.5. The second-order valence-corrected chi connectivity index (χ2v) is 8.31. The van der Waals surface area contributed by atoms with Crippen LogP contribution in [0.25, 0.3) is 0 Å². The number of β-lactam (4-membered cyclic amide) rings is 1. The molecule has 2 aromatic rings. The normalized spacial score (nSPS) is 21.1. The van der Waals surface area contributed by atoms with Gasteiger partial charge in [-0.3, -0.25) is 14.5 Å². The smallest absolute Gasteiger partial charge is 0.549 e. The Hall–Kier alpha value is -2.02. The molecular formula is C19H16N6Na2O9S. The molecule has 1 unspecified atom stereocenters. The molecule has 1 aromatic carbocycles. The fraction of sp³-hybridized carbons (Fsp3) is 0.316. The number of rotatable bonds is 9. The van der Waals surface area contributed by atoms with Crippen LogP contribution in [-0.4, -0.2) is 85.8 Å². The largest absolute Gasteiger partial charge is 1.00 e. The maximum Gasteiger partial charge on any atom is 1.00 e. The number of fused-ring (bicyclic) bond motifs is 1. The van der Waals surface area contributed by atoms with E-state index in [2.05, 4.69) is 25.9 Å². The molecule has 15 nitrogen and oxygen atoms in total. The number of nitrogens with one attached hydrogen (secondary N) is 2. The van der Waals surface area contributed by atoms with Gasteiger partial charge in [-0.25, -0.2) is 5.10 Å². The number of hydrogen-bond acceptors (Lipinski definition) is 13. The minimum atomic E-state index is -2.20. The van der Waals surface area contributed by atoms with Gasteiger partial charge >= 0.3 is 59.1 Å². The Bertz CT molecular complexity index is 1210. The number of aromatic amines is 1. The maximum absolute atomic E-state index is 13.1. The van der Waals surface area contributed by atoms with E-state index in [-0.39, 0.29) is 88.4 Å². The van der Waals surface area contributed by atoms with Crippen molar-refractivity contribution in [2.45, 2.75) is 23.0 Å². The van der Waals surface area contributed by atoms with Crippen LogP contribution in [0, 0.1) is 0 Å². The van der Waals surface area contributed by atoms with E-state index in [0.29, 0.717) is 5.16 Å². The summed E-state index contributed by atoms with van der Waals surface area (Å²) in [6.07, 6.45) is -1.42. The van der Waals surface area contributed by atoms with Crippen molar-refractivity contribution in [1.82, 2.24) is 30.8 Å². The average molecular weight is 550 g/mol. The molecule has 2 aliphatic rings. The Balaban J connectivity index is 0.00000241. The van der Waals surface area contributed by atoms with Gasteiger partial charge in [-0.2, -0.15) is 0 Å². The van der Waals surface area contributed by atoms with Crippen LogP contribution < -0.4 is 74.6 Å². The van der Waals surface area contributed by atoms with Crippen molar-refractivity contribution in [3.63, 3.8) is 0 Å². The molecule has 1 saturated heterocycles. The van der Waals surface area contributed by atoms with Crippen LogP contribution in [-0.2, 0) is 28.7 Å². The van der Waals surface area contributed by atoms with Gasteiger partial charge in [0.25, 0.3) is 11.6 Å². The first-order chi connectivity index (χ1) is 16.7. The van der Waals surface area contributed by atoms with Gasteiger partial charge in [-0.1, -0.05) is 23.9 Å². The van der Waals surface area contributed by atoms with Gasteiger partial charge in [-0.05, 0) is 33.7 Å². The number of aromatic nitrogens is 4. The molecule has 37 heavy (non-hydrogen) atoms. The summed E-state index contributed by atoms with van der Waals surface area (Å²) in [5.41, 5.74) is -2.52. The van der Waals surface area contributed by atoms with Crippen LogP contribution in [0.2, 0.25) is 0 Å². The molecule has 0 radical (unpaired) electrons. The summed E-state index contributed by atoms with van der Waals surface area (Å²) < 4.78 is 10.8. The first kappa shape index (κ1) is 31.2. The molecule has 18 heteroatoms. The molecule has 2 aliphatic heterocycles. The number of tetrazole rings is 1. The van der Waals surface area contributed by atoms with Gasteiger partial charge < -0.3 is 39.7 Å². The van der Waals surface area contributed by atoms with Crippen LogP contribution in [0.3, 0.4) is 0 Å². The van der Waals surface area contributed by atoms with Crippen molar-refractivity contribution in [2.75, 3.05) is 19.5 Å². The molecule has 2 amide bonds. The SMILES string of the molecule is CO[C@@]1(NC(=O)C(C(=O)[O-])c2ccc(O)cc2)C(=O)N2C(C(=O)[O-])=C(CSc3nnn[nH]3)CO[C@@H]21.[Na+].[Na+]. The van der Waals surface area contributed by atoms with E-state index in [1.54, 1.807) is 0 Å². The molecular weight excluding hydrogens is 534 g/mol. The van der Waals surface area contributed by atoms with Crippen molar-refractivity contribution in [1.29, 1.82) is 0 Å². The van der Waals surface area contributed by atoms with E-state index in [4.69, 9.17) is 9.47 Å². The van der Waals surface area contributed by atoms with Gasteiger partial charge in [-0.15, -0.1) is 5.10 Å². The Labute approximate surface area is 256 Å². The predicted octanol–water partition coefficient (Wildman–Crippen LogP) is -9.80. The molecule has 4 rings (SSSR count). The van der Waals surface area contributed by atoms with Crippen molar-refractivity contribution >= 4 is 35.5 Å². The number of phenolic OH excluding ortho intramolecular Hbond substituents is 1. The molecule has 0 spiro atoms. The molecule has 3 heterocycles. The molecule has 184 valence electrons. The summed E-state index contributed by atoms with van der Waals surface area (Å²) in [6, 6.07) is 4.75. The second kappa shape index (κ2) is 12.7. The fourth-order valence-corrected chi connectivity index (χ4v) is 4.46. The van der Waals surface area contributed by atoms with E-state index in [0.717, 1.165) is 23.8 Å². The number of carbonyl (C=O) groups is 4. The Kier molecular flexibility index (Phi) is 10.7. The zero-order chi connectivity index (χ0) is 25.3. The second-order valence-electron chi connectivity index (χ2n) is 7.35. The van der Waals surface area contributed by atoms with Crippen molar-refractivity contribution in [3.8, 4) is 5.75 Å². The monoisotopic (exact) mass is 550 g/mol. The first-order valence-electron chi connectivity index (χ1n) is 9.81. The third-order valence-corrected chi connectivity index (χ3v) is 6.31. The van der Waals surface area contributed by atoms with Crippen LogP contribution in [0.15, 0.2) is 40.7 Å². The molecule has 0 saturated carbocycles. The van der Waals surface area contributed by atoms with Gasteiger partial charge in [0.05, 0.1) is 24.2 Å². The van der Waals surface area contributed by atoms with Crippen molar-refractivity contribution in [3.05, 3.63) is 41.1 Å². The van der Waals surface area contributed by atoms with E-state index >= 15 is 0 Å². The summed E-state index contributed by atoms with van der Waals surface area (Å²) in [4.78, 5) is 50.3. The Morgan fingerprint density at radius 2 is 2.00 bits per heavy atom. The van der Waals surface area contributed by atoms with E-state index in [1.807, 2.05) is 0 Å². The number of aromatic hydroxyl groups is 1. The average Bonchev–Trinajstić information content (AvgIpc) is 3.35. The van der Waals surface area contributed by atoms with Crippen LogP contribution >= 0.6 is 11.8 Å². The number of thioether (sulfide) groups is 1. The zero-order valence-electron chi connectivity index (χ0n) is 19.8. The number of amides is 2. The number of carboxylic acids is 2. The van der Waals surface area contributed by atoms with Gasteiger partial charge in [0.1, 0.15) is 11.7 Å². The van der Waals surface area contributed by atoms with Gasteiger partial charge in [0.2, 0.25) is 11.1 Å². The molecule has 0 aliphatic carbocycles. The predicted molar refractivity (Wildman–Crippen MR) is 107 cm³/mol. The minimum absolute atomic E-state index is 0. The molecule has 1 fully saturated rings. The third-order valence-electron chi connectivity index (χ3n) is 5.37. The fourth-order valence-electron chi connectivity index (χ4n) is 3.73. The van der Waals surface area contributed by atoms with Gasteiger partial charge in [0, 0.05) is 12.9 Å². The number of methoxy groups -OCH3 is 1. The number of phenols is 1. The summed E-state index contributed by atoms with van der Waals surface area (Å²) in [6.45, 7) is -0.269. The quantitative estimate of drug-likeness (QED) is 0.0868. The summed E-state index contributed by atoms with van der Waals surface area (Å²) in [7, 11) is 1.07. The molecule has 0 bridgehead atoms. The van der Waals surface area contributed by atoms with Crippen molar-refractivity contribution < 1.29 is 103 Å². The number of H-pyrrole nitrogens is 1. The molecule has 3 atom stereocenters. The maximum atomic E-state index is 13.1. The van der Waals surface area contributed by atoms with E-state index in [1.165, 1.54) is 24.3 Å². The first-order valence-corrected chi connectivity index (χ1v) is 10.8. The molecule has 1 aromatic heterocycles. The number of nitrogens with zero attached hydrogens (tertiary/aromatic N) is 4. The third kappa shape index (κ3) is 5.86. The summed E-state index contributed by atoms with van der Waals surface area (Å²) in [5.74, 6) is -7.61. The minimum Gasteiger partial charge on any atom is -0.549 e. The molecule has 3 N–H and O–H groups in total. The van der Waals surface area contributed by atoms with E-state index < -0.39 is 47.3 Å². The number of aliphatic carboxylic acids is 2. The Morgan fingerprint density at radius 3 is 2.54 bits per heavy atom. The topological polar surface area (TPSA) is 223 Å². The van der Waals surface area contributed by atoms with Crippen molar-refractivity contribution in [2.24, 2.45) is 0 Å². The number of carboxylic acid groups (broad SMARTS) is 2. The van der Waals surface area contributed by atoms with Crippen LogP contribution in [0.5, 0.6) is 5.75 Å². The number of ether oxygens (including phenoxy) is 2.